The van der Waals surface area contributed by atoms with E-state index in [1.807, 2.05) is 0 Å². The predicted molar refractivity (Wildman–Crippen MR) is 118 cm³/mol. The highest BCUT2D eigenvalue weighted by Crippen LogP contribution is 2.18. The van der Waals surface area contributed by atoms with E-state index < -0.39 is 0 Å². The lowest BCUT2D eigenvalue weighted by Crippen LogP contribution is -2.02. The van der Waals surface area contributed by atoms with Crippen molar-refractivity contribution >= 4 is 29.9 Å². The van der Waals surface area contributed by atoms with E-state index in [0.717, 1.165) is 5.69 Å². The topological polar surface area (TPSA) is 82.0 Å². The van der Waals surface area contributed by atoms with Crippen molar-refractivity contribution in [2.75, 3.05) is 13.2 Å². The third kappa shape index (κ3) is 9.28. The Balaban J connectivity index is 0.000000553. The number of hydrogen-bond acceptors (Lipinski definition) is 6. The van der Waals surface area contributed by atoms with Gasteiger partial charge in [-0.2, -0.15) is 0 Å². The molecule has 0 aliphatic rings. The van der Waals surface area contributed by atoms with Gasteiger partial charge in [0.05, 0.1) is 18.9 Å². The van der Waals surface area contributed by atoms with Gasteiger partial charge in [-0.25, -0.2) is 0 Å². The Morgan fingerprint density at radius 3 is 1.93 bits per heavy atom. The van der Waals surface area contributed by atoms with Crippen molar-refractivity contribution in [3.05, 3.63) is 59.7 Å². The molecule has 0 radical (unpaired) electrons. The first-order valence-electron chi connectivity index (χ1n) is 9.90. The number of hydrogen-bond donors (Lipinski definition) is 0. The number of ketones is 2. The van der Waals surface area contributed by atoms with Crippen molar-refractivity contribution in [3.8, 4) is 5.75 Å². The van der Waals surface area contributed by atoms with Gasteiger partial charge in [0.15, 0.2) is 5.78 Å². The Morgan fingerprint density at radius 2 is 1.50 bits per heavy atom. The van der Waals surface area contributed by atoms with Crippen LogP contribution in [0.4, 0.5) is 5.69 Å². The van der Waals surface area contributed by atoms with E-state index >= 15 is 0 Å². The zero-order valence-electron chi connectivity index (χ0n) is 17.8. The van der Waals surface area contributed by atoms with E-state index in [1.54, 1.807) is 69.3 Å². The summed E-state index contributed by atoms with van der Waals surface area (Å²) in [6.07, 6.45) is 1.69. The first-order chi connectivity index (χ1) is 14.4. The molecule has 6 heteroatoms. The van der Waals surface area contributed by atoms with E-state index in [4.69, 9.17) is 4.74 Å². The summed E-state index contributed by atoms with van der Waals surface area (Å²) < 4.78 is 10.1. The van der Waals surface area contributed by atoms with Crippen LogP contribution >= 0.6 is 0 Å². The lowest BCUT2D eigenvalue weighted by atomic mass is 10.0. The summed E-state index contributed by atoms with van der Waals surface area (Å²) in [5, 5.41) is 0. The highest BCUT2D eigenvalue weighted by Gasteiger charge is 2.09. The number of ether oxygens (including phenoxy) is 2. The van der Waals surface area contributed by atoms with Crippen molar-refractivity contribution in [2.24, 2.45) is 4.99 Å². The monoisotopic (exact) mass is 411 g/mol. The van der Waals surface area contributed by atoms with Gasteiger partial charge in [0.1, 0.15) is 11.5 Å². The zero-order chi connectivity index (χ0) is 22.4. The minimum Gasteiger partial charge on any atom is -0.494 e. The van der Waals surface area contributed by atoms with Crippen LogP contribution in [0.25, 0.3) is 0 Å². The standard InChI is InChI=1S/C19H19NO3.C5H10O2/c1-14(21)4-3-13-23-18-11-7-16(8-12-18)19(22)15-5-9-17(20-2)10-6-15;1-3-5(6)7-4-2/h5-12H,2-4,13H2,1H3;3-4H2,1-2H3. The third-order valence-electron chi connectivity index (χ3n) is 3.96. The number of aliphatic imine (C=N–C) groups is 1. The summed E-state index contributed by atoms with van der Waals surface area (Å²) in [7, 11) is 0. The van der Waals surface area contributed by atoms with Gasteiger partial charge < -0.3 is 14.3 Å². The van der Waals surface area contributed by atoms with Crippen LogP contribution in [0.15, 0.2) is 53.5 Å². The fourth-order valence-electron chi connectivity index (χ4n) is 2.36. The number of carbonyl (C=O) groups is 3. The van der Waals surface area contributed by atoms with Crippen LogP contribution in [0.3, 0.4) is 0 Å². The van der Waals surface area contributed by atoms with Crippen LogP contribution in [0, 0.1) is 0 Å². The molecule has 0 bridgehead atoms. The van der Waals surface area contributed by atoms with E-state index in [2.05, 4.69) is 16.4 Å². The lowest BCUT2D eigenvalue weighted by molar-refractivity contribution is -0.142. The number of carbonyl (C=O) groups excluding carboxylic acids is 3. The third-order valence-corrected chi connectivity index (χ3v) is 3.96. The Kier molecular flexibility index (Phi) is 11.4. The van der Waals surface area contributed by atoms with E-state index in [1.165, 1.54) is 0 Å². The van der Waals surface area contributed by atoms with Crippen LogP contribution in [-0.2, 0) is 14.3 Å². The quantitative estimate of drug-likeness (QED) is 0.239. The number of esters is 1. The normalized spacial score (nSPS) is 9.70. The maximum Gasteiger partial charge on any atom is 0.305 e. The van der Waals surface area contributed by atoms with Crippen molar-refractivity contribution in [2.45, 2.75) is 40.0 Å². The molecule has 0 spiro atoms. The summed E-state index contributed by atoms with van der Waals surface area (Å²) >= 11 is 0. The summed E-state index contributed by atoms with van der Waals surface area (Å²) in [5.41, 5.74) is 1.93. The molecule has 30 heavy (non-hydrogen) atoms. The molecule has 0 saturated carbocycles. The molecule has 2 aromatic carbocycles. The molecule has 0 unspecified atom stereocenters. The lowest BCUT2D eigenvalue weighted by Gasteiger charge is -2.07. The fourth-order valence-corrected chi connectivity index (χ4v) is 2.36. The summed E-state index contributed by atoms with van der Waals surface area (Å²) in [5.74, 6) is 0.676. The summed E-state index contributed by atoms with van der Waals surface area (Å²) in [6.45, 7) is 9.57. The molecule has 0 aliphatic heterocycles. The summed E-state index contributed by atoms with van der Waals surface area (Å²) in [4.78, 5) is 37.2. The second-order valence-electron chi connectivity index (χ2n) is 6.37. The van der Waals surface area contributed by atoms with E-state index in [0.29, 0.717) is 49.4 Å². The summed E-state index contributed by atoms with van der Waals surface area (Å²) in [6, 6.07) is 14.0. The molecule has 6 nitrogen and oxygen atoms in total. The molecule has 2 rings (SSSR count). The Morgan fingerprint density at radius 1 is 0.933 bits per heavy atom. The number of benzene rings is 2. The van der Waals surface area contributed by atoms with Crippen molar-refractivity contribution in [3.63, 3.8) is 0 Å². The molecule has 0 aliphatic carbocycles. The van der Waals surface area contributed by atoms with Crippen molar-refractivity contribution in [1.29, 1.82) is 0 Å². The zero-order valence-corrected chi connectivity index (χ0v) is 17.8. The van der Waals surface area contributed by atoms with Crippen LogP contribution in [0.5, 0.6) is 5.75 Å². The average molecular weight is 411 g/mol. The van der Waals surface area contributed by atoms with Gasteiger partial charge in [-0.15, -0.1) is 0 Å². The number of nitrogens with zero attached hydrogens (tertiary/aromatic N) is 1. The second kappa shape index (κ2) is 13.8. The predicted octanol–water partition coefficient (Wildman–Crippen LogP) is 4.96. The average Bonchev–Trinajstić information content (AvgIpc) is 2.77. The molecule has 0 fully saturated rings. The van der Waals surface area contributed by atoms with Crippen LogP contribution in [-0.4, -0.2) is 37.5 Å². The Hall–Kier alpha value is -3.28. The number of rotatable bonds is 10. The van der Waals surface area contributed by atoms with Crippen LogP contribution < -0.4 is 4.74 Å². The Bertz CT molecular complexity index is 826. The second-order valence-corrected chi connectivity index (χ2v) is 6.37. The molecule has 2 aromatic rings. The first kappa shape index (κ1) is 24.8. The van der Waals surface area contributed by atoms with Gasteiger partial charge in [0, 0.05) is 24.0 Å². The SMILES string of the molecule is C=Nc1ccc(C(=O)c2ccc(OCCCC(C)=O)cc2)cc1.CCOC(=O)CC. The molecule has 0 atom stereocenters. The first-order valence-corrected chi connectivity index (χ1v) is 9.90. The van der Waals surface area contributed by atoms with Gasteiger partial charge in [0.25, 0.3) is 0 Å². The van der Waals surface area contributed by atoms with Gasteiger partial charge in [-0.05, 0) is 75.5 Å². The van der Waals surface area contributed by atoms with Crippen molar-refractivity contribution in [1.82, 2.24) is 0 Å². The van der Waals surface area contributed by atoms with Crippen molar-refractivity contribution < 1.29 is 23.9 Å². The molecule has 0 aromatic heterocycles. The smallest absolute Gasteiger partial charge is 0.305 e. The molecule has 0 amide bonds. The van der Waals surface area contributed by atoms with Gasteiger partial charge in [-0.1, -0.05) is 6.92 Å². The molecular weight excluding hydrogens is 382 g/mol. The number of Topliss-reactive ketones (excluding diaryl/α,β-unsaturated/α-hetero) is 1. The maximum atomic E-state index is 12.4. The maximum absolute atomic E-state index is 12.4. The minimum atomic E-state index is -0.123. The highest BCUT2D eigenvalue weighted by atomic mass is 16.5. The molecule has 0 N–H and O–H groups in total. The van der Waals surface area contributed by atoms with E-state index in [-0.39, 0.29) is 17.5 Å². The molecule has 0 saturated heterocycles. The Labute approximate surface area is 177 Å². The van der Waals surface area contributed by atoms with Gasteiger partial charge >= 0.3 is 5.97 Å². The molecule has 160 valence electrons. The highest BCUT2D eigenvalue weighted by molar-refractivity contribution is 6.09. The van der Waals surface area contributed by atoms with Crippen LogP contribution in [0.2, 0.25) is 0 Å². The van der Waals surface area contributed by atoms with E-state index in [9.17, 15) is 14.4 Å². The van der Waals surface area contributed by atoms with Gasteiger partial charge in [0.2, 0.25) is 0 Å². The largest absolute Gasteiger partial charge is 0.494 e. The molecule has 0 heterocycles. The van der Waals surface area contributed by atoms with Crippen LogP contribution in [0.1, 0.15) is 56.0 Å². The minimum absolute atomic E-state index is 0.0521. The van der Waals surface area contributed by atoms with Gasteiger partial charge in [-0.3, -0.25) is 14.6 Å². The fraction of sp³-hybridized carbons (Fsp3) is 0.333. The molecular formula is C24H29NO5.